The Labute approximate surface area is 296 Å². The minimum absolute atomic E-state index is 0.968. The quantitative estimate of drug-likeness (QED) is 0.168. The number of para-hydroxylation sites is 1. The summed E-state index contributed by atoms with van der Waals surface area (Å²) in [6, 6.07) is 61.2. The molecule has 0 amide bonds. The number of rotatable bonds is 6. The molecular weight excluding hydrogens is 619 g/mol. The van der Waals surface area contributed by atoms with Crippen LogP contribution in [-0.4, -0.2) is 9.97 Å². The van der Waals surface area contributed by atoms with Gasteiger partial charge in [0.2, 0.25) is 0 Å². The molecule has 0 spiro atoms. The predicted octanol–water partition coefficient (Wildman–Crippen LogP) is 13.0. The Balaban J connectivity index is 1.07. The highest BCUT2D eigenvalue weighted by Gasteiger charge is 2.17. The van der Waals surface area contributed by atoms with Gasteiger partial charge in [0.15, 0.2) is 0 Å². The molecule has 2 heterocycles. The van der Waals surface area contributed by atoms with Crippen LogP contribution in [0.2, 0.25) is 0 Å². The van der Waals surface area contributed by atoms with Crippen LogP contribution < -0.4 is 4.90 Å². The molecule has 0 aliphatic rings. The molecule has 238 valence electrons. The van der Waals surface area contributed by atoms with Gasteiger partial charge in [0.1, 0.15) is 0 Å². The van der Waals surface area contributed by atoms with Crippen LogP contribution >= 0.6 is 0 Å². The summed E-state index contributed by atoms with van der Waals surface area (Å²) in [7, 11) is 0. The van der Waals surface area contributed by atoms with Crippen LogP contribution in [0, 0.1) is 0 Å². The first kappa shape index (κ1) is 29.1. The maximum absolute atomic E-state index is 4.93. The number of pyridine rings is 2. The van der Waals surface area contributed by atoms with Gasteiger partial charge in [0.05, 0.1) is 5.69 Å². The minimum atomic E-state index is 0.968. The molecule has 0 saturated heterocycles. The van der Waals surface area contributed by atoms with Gasteiger partial charge >= 0.3 is 0 Å². The van der Waals surface area contributed by atoms with Gasteiger partial charge in [-0.3, -0.25) is 9.97 Å². The van der Waals surface area contributed by atoms with Crippen LogP contribution in [0.15, 0.2) is 188 Å². The maximum atomic E-state index is 4.93. The molecule has 51 heavy (non-hydrogen) atoms. The van der Waals surface area contributed by atoms with Crippen molar-refractivity contribution in [2.45, 2.75) is 0 Å². The van der Waals surface area contributed by atoms with Crippen molar-refractivity contribution in [3.8, 4) is 33.5 Å². The van der Waals surface area contributed by atoms with E-state index in [0.717, 1.165) is 39.4 Å². The van der Waals surface area contributed by atoms with Crippen molar-refractivity contribution in [3.05, 3.63) is 188 Å². The number of nitrogens with zero attached hydrogens (tertiary/aromatic N) is 3. The average Bonchev–Trinajstić information content (AvgIpc) is 3.21. The van der Waals surface area contributed by atoms with Crippen molar-refractivity contribution in [3.63, 3.8) is 0 Å². The highest BCUT2D eigenvalue weighted by molar-refractivity contribution is 6.27. The zero-order valence-corrected chi connectivity index (χ0v) is 27.7. The van der Waals surface area contributed by atoms with E-state index in [4.69, 9.17) is 4.98 Å². The van der Waals surface area contributed by atoms with Gasteiger partial charge < -0.3 is 4.90 Å². The predicted molar refractivity (Wildman–Crippen MR) is 214 cm³/mol. The second-order valence-electron chi connectivity index (χ2n) is 13.1. The Bertz CT molecular complexity index is 2830. The highest BCUT2D eigenvalue weighted by atomic mass is 15.1. The van der Waals surface area contributed by atoms with E-state index < -0.39 is 0 Å². The first-order valence-electron chi connectivity index (χ1n) is 17.3. The Morgan fingerprint density at radius 3 is 1.69 bits per heavy atom. The monoisotopic (exact) mass is 649 g/mol. The van der Waals surface area contributed by atoms with Crippen LogP contribution in [0.1, 0.15) is 0 Å². The largest absolute Gasteiger partial charge is 0.310 e. The zero-order valence-electron chi connectivity index (χ0n) is 27.7. The SMILES string of the molecule is c1ccc(N(c2ccc(-c3ccc4ccc5c(-c6ccc(-c7ccncc7)cn6)ccc6ccc3c4c65)cc2)c2ccc3ccccc3c2)cc1. The number of fused-ring (bicyclic) bond motifs is 1. The molecule has 8 aromatic carbocycles. The van der Waals surface area contributed by atoms with Crippen LogP contribution in [0.25, 0.3) is 76.6 Å². The Kier molecular flexibility index (Phi) is 6.81. The standard InChI is InChI=1S/C48H31N3/c1-2-8-39(9-3-1)51(41-20-10-32-6-4-5-7-37(32)30-41)40-18-11-34(12-19-40)42-21-13-35-16-24-45-43(22-14-36-15-23-44(42)47(35)48(36)45)46-25-17-38(31-50-46)33-26-28-49-29-27-33/h1-31H. The first-order valence-corrected chi connectivity index (χ1v) is 17.3. The molecule has 0 aliphatic carbocycles. The fourth-order valence-electron chi connectivity index (χ4n) is 7.67. The molecule has 3 heteroatoms. The molecule has 0 fully saturated rings. The van der Waals surface area contributed by atoms with Crippen LogP contribution in [0.4, 0.5) is 17.1 Å². The van der Waals surface area contributed by atoms with Crippen molar-refractivity contribution in [2.75, 3.05) is 4.90 Å². The first-order chi connectivity index (χ1) is 25.3. The van der Waals surface area contributed by atoms with Gasteiger partial charge in [-0.15, -0.1) is 0 Å². The average molecular weight is 650 g/mol. The molecule has 2 aromatic heterocycles. The van der Waals surface area contributed by atoms with Crippen molar-refractivity contribution < 1.29 is 0 Å². The topological polar surface area (TPSA) is 29.0 Å². The third-order valence-corrected chi connectivity index (χ3v) is 10.2. The third-order valence-electron chi connectivity index (χ3n) is 10.2. The molecular formula is C48H31N3. The van der Waals surface area contributed by atoms with E-state index in [2.05, 4.69) is 168 Å². The van der Waals surface area contributed by atoms with E-state index in [1.807, 2.05) is 30.7 Å². The van der Waals surface area contributed by atoms with Gasteiger partial charge in [0.25, 0.3) is 0 Å². The van der Waals surface area contributed by atoms with Crippen LogP contribution in [0.3, 0.4) is 0 Å². The van der Waals surface area contributed by atoms with Gasteiger partial charge in [-0.05, 0) is 114 Å². The summed E-state index contributed by atoms with van der Waals surface area (Å²) >= 11 is 0. The number of hydrogen-bond acceptors (Lipinski definition) is 3. The molecule has 0 aliphatic heterocycles. The summed E-state index contributed by atoms with van der Waals surface area (Å²) in [6.45, 7) is 0. The Morgan fingerprint density at radius 1 is 0.373 bits per heavy atom. The summed E-state index contributed by atoms with van der Waals surface area (Å²) < 4.78 is 0. The third kappa shape index (κ3) is 4.98. The number of anilines is 3. The highest BCUT2D eigenvalue weighted by Crippen LogP contribution is 2.43. The van der Waals surface area contributed by atoms with Crippen molar-refractivity contribution in [1.82, 2.24) is 9.97 Å². The summed E-state index contributed by atoms with van der Waals surface area (Å²) in [6.07, 6.45) is 5.60. The zero-order chi connectivity index (χ0) is 33.7. The van der Waals surface area contributed by atoms with Gasteiger partial charge in [-0.1, -0.05) is 115 Å². The second kappa shape index (κ2) is 11.9. The lowest BCUT2D eigenvalue weighted by atomic mass is 9.88. The fourth-order valence-corrected chi connectivity index (χ4v) is 7.67. The number of hydrogen-bond donors (Lipinski definition) is 0. The molecule has 0 unspecified atom stereocenters. The van der Waals surface area contributed by atoms with Crippen LogP contribution in [-0.2, 0) is 0 Å². The summed E-state index contributed by atoms with van der Waals surface area (Å²) in [5.41, 5.74) is 10.1. The van der Waals surface area contributed by atoms with E-state index in [0.29, 0.717) is 0 Å². The van der Waals surface area contributed by atoms with E-state index in [1.54, 1.807) is 0 Å². The molecule has 3 nitrogen and oxygen atoms in total. The number of benzene rings is 8. The van der Waals surface area contributed by atoms with Crippen molar-refractivity contribution >= 4 is 60.2 Å². The molecule has 10 aromatic rings. The van der Waals surface area contributed by atoms with Gasteiger partial charge in [-0.25, -0.2) is 0 Å². The smallest absolute Gasteiger partial charge is 0.0708 e. The second-order valence-corrected chi connectivity index (χ2v) is 13.1. The maximum Gasteiger partial charge on any atom is 0.0708 e. The minimum Gasteiger partial charge on any atom is -0.310 e. The molecule has 0 radical (unpaired) electrons. The Morgan fingerprint density at radius 2 is 0.961 bits per heavy atom. The fraction of sp³-hybridized carbons (Fsp3) is 0. The molecule has 0 N–H and O–H groups in total. The molecule has 0 atom stereocenters. The summed E-state index contributed by atoms with van der Waals surface area (Å²) in [4.78, 5) is 11.4. The molecule has 10 rings (SSSR count). The normalized spacial score (nSPS) is 11.5. The molecule has 0 bridgehead atoms. The summed E-state index contributed by atoms with van der Waals surface area (Å²) in [5, 5.41) is 10.00. The van der Waals surface area contributed by atoms with Gasteiger partial charge in [-0.2, -0.15) is 0 Å². The van der Waals surface area contributed by atoms with E-state index >= 15 is 0 Å². The lowest BCUT2D eigenvalue weighted by Gasteiger charge is -2.26. The van der Waals surface area contributed by atoms with Crippen molar-refractivity contribution in [2.24, 2.45) is 0 Å². The Hall–Kier alpha value is -6.84. The van der Waals surface area contributed by atoms with Crippen LogP contribution in [0.5, 0.6) is 0 Å². The van der Waals surface area contributed by atoms with E-state index in [1.165, 1.54) is 54.2 Å². The molecule has 0 saturated carbocycles. The van der Waals surface area contributed by atoms with E-state index in [9.17, 15) is 0 Å². The number of aromatic nitrogens is 2. The lowest BCUT2D eigenvalue weighted by molar-refractivity contribution is 1.29. The van der Waals surface area contributed by atoms with Gasteiger partial charge in [0, 0.05) is 46.8 Å². The van der Waals surface area contributed by atoms with E-state index in [-0.39, 0.29) is 0 Å². The van der Waals surface area contributed by atoms with Crippen molar-refractivity contribution in [1.29, 1.82) is 0 Å². The summed E-state index contributed by atoms with van der Waals surface area (Å²) in [5.74, 6) is 0. The lowest BCUT2D eigenvalue weighted by Crippen LogP contribution is -2.09.